The van der Waals surface area contributed by atoms with Gasteiger partial charge in [-0.1, -0.05) is 42.3 Å². The monoisotopic (exact) mass is 325 g/mol. The van der Waals surface area contributed by atoms with Gasteiger partial charge in [-0.25, -0.2) is 4.39 Å². The van der Waals surface area contributed by atoms with Gasteiger partial charge in [-0.3, -0.25) is 0 Å². The van der Waals surface area contributed by atoms with Gasteiger partial charge in [0, 0.05) is 16.1 Å². The summed E-state index contributed by atoms with van der Waals surface area (Å²) in [5.74, 6) is -0.278. The lowest BCUT2D eigenvalue weighted by atomic mass is 9.97. The van der Waals surface area contributed by atoms with Crippen molar-refractivity contribution in [2.75, 3.05) is 6.54 Å². The van der Waals surface area contributed by atoms with Crippen LogP contribution in [0.15, 0.2) is 36.4 Å². The van der Waals surface area contributed by atoms with Gasteiger partial charge in [0.15, 0.2) is 0 Å². The Balaban J connectivity index is 2.32. The van der Waals surface area contributed by atoms with E-state index in [2.05, 4.69) is 5.32 Å². The minimum absolute atomic E-state index is 0.00222. The Kier molecular flexibility index (Phi) is 5.63. The summed E-state index contributed by atoms with van der Waals surface area (Å²) in [6.07, 6.45) is 0.590. The molecule has 0 spiro atoms. The largest absolute Gasteiger partial charge is 0.310 e. The van der Waals surface area contributed by atoms with Crippen LogP contribution in [-0.2, 0) is 6.42 Å². The van der Waals surface area contributed by atoms with Gasteiger partial charge in [0.05, 0.1) is 0 Å². The Hall–Kier alpha value is -1.09. The number of likely N-dealkylation sites (N-methyl/N-ethyl adjacent to an activating group) is 1. The van der Waals surface area contributed by atoms with Crippen molar-refractivity contribution in [3.8, 4) is 0 Å². The number of rotatable bonds is 5. The fourth-order valence-electron chi connectivity index (χ4n) is 2.37. The highest BCUT2D eigenvalue weighted by Gasteiger charge is 2.16. The van der Waals surface area contributed by atoms with Crippen LogP contribution in [0.1, 0.15) is 29.7 Å². The SMILES string of the molecule is CCNC(Cc1cc(F)ccc1Cl)c1ccc(C)cc1Cl. The molecule has 0 fully saturated rings. The van der Waals surface area contributed by atoms with E-state index in [-0.39, 0.29) is 11.9 Å². The summed E-state index contributed by atoms with van der Waals surface area (Å²) in [5.41, 5.74) is 2.89. The van der Waals surface area contributed by atoms with Crippen LogP contribution in [0.5, 0.6) is 0 Å². The maximum Gasteiger partial charge on any atom is 0.123 e. The molecule has 0 saturated carbocycles. The molecule has 2 aromatic rings. The van der Waals surface area contributed by atoms with Gasteiger partial charge in [-0.15, -0.1) is 0 Å². The molecule has 112 valence electrons. The van der Waals surface area contributed by atoms with Crippen molar-refractivity contribution in [3.63, 3.8) is 0 Å². The van der Waals surface area contributed by atoms with Crippen LogP contribution in [0.25, 0.3) is 0 Å². The Morgan fingerprint density at radius 1 is 1.10 bits per heavy atom. The zero-order chi connectivity index (χ0) is 15.4. The fraction of sp³-hybridized carbons (Fsp3) is 0.294. The lowest BCUT2D eigenvalue weighted by Crippen LogP contribution is -2.23. The summed E-state index contributed by atoms with van der Waals surface area (Å²) in [6, 6.07) is 10.4. The van der Waals surface area contributed by atoms with Gasteiger partial charge in [-0.05, 0) is 60.8 Å². The number of hydrogen-bond donors (Lipinski definition) is 1. The van der Waals surface area contributed by atoms with E-state index in [0.29, 0.717) is 16.5 Å². The summed E-state index contributed by atoms with van der Waals surface area (Å²) in [4.78, 5) is 0. The molecule has 1 atom stereocenters. The van der Waals surface area contributed by atoms with Crippen LogP contribution in [0.4, 0.5) is 4.39 Å². The van der Waals surface area contributed by atoms with E-state index in [1.165, 1.54) is 12.1 Å². The second-order valence-electron chi connectivity index (χ2n) is 5.08. The summed E-state index contributed by atoms with van der Waals surface area (Å²) in [5, 5.41) is 4.68. The molecule has 2 rings (SSSR count). The lowest BCUT2D eigenvalue weighted by Gasteiger charge is -2.20. The van der Waals surface area contributed by atoms with Crippen LogP contribution in [0, 0.1) is 12.7 Å². The smallest absolute Gasteiger partial charge is 0.123 e. The van der Waals surface area contributed by atoms with Crippen molar-refractivity contribution in [2.45, 2.75) is 26.3 Å². The third-order valence-corrected chi connectivity index (χ3v) is 4.11. The second-order valence-corrected chi connectivity index (χ2v) is 5.89. The molecule has 0 heterocycles. The molecule has 0 radical (unpaired) electrons. The molecule has 0 aromatic heterocycles. The molecule has 21 heavy (non-hydrogen) atoms. The van der Waals surface area contributed by atoms with Crippen molar-refractivity contribution in [1.29, 1.82) is 0 Å². The van der Waals surface area contributed by atoms with E-state index in [1.807, 2.05) is 32.0 Å². The first-order valence-corrected chi connectivity index (χ1v) is 7.70. The van der Waals surface area contributed by atoms with Gasteiger partial charge >= 0.3 is 0 Å². The van der Waals surface area contributed by atoms with Gasteiger partial charge in [-0.2, -0.15) is 0 Å². The Labute approximate surface area is 135 Å². The minimum atomic E-state index is -0.278. The number of nitrogens with one attached hydrogen (secondary N) is 1. The highest BCUT2D eigenvalue weighted by molar-refractivity contribution is 6.31. The maximum absolute atomic E-state index is 13.4. The second kappa shape index (κ2) is 7.26. The maximum atomic E-state index is 13.4. The van der Waals surface area contributed by atoms with Crippen LogP contribution < -0.4 is 5.32 Å². The molecule has 1 N–H and O–H groups in total. The normalized spacial score (nSPS) is 12.4. The molecule has 2 aromatic carbocycles. The first-order valence-electron chi connectivity index (χ1n) is 6.94. The first kappa shape index (κ1) is 16.3. The van der Waals surface area contributed by atoms with Crippen molar-refractivity contribution in [3.05, 3.63) is 69.0 Å². The van der Waals surface area contributed by atoms with Gasteiger partial charge in [0.1, 0.15) is 5.82 Å². The van der Waals surface area contributed by atoms with Crippen LogP contribution >= 0.6 is 23.2 Å². The third-order valence-electron chi connectivity index (χ3n) is 3.41. The number of benzene rings is 2. The quantitative estimate of drug-likeness (QED) is 0.782. The molecule has 4 heteroatoms. The molecular weight excluding hydrogens is 308 g/mol. The fourth-order valence-corrected chi connectivity index (χ4v) is 2.93. The topological polar surface area (TPSA) is 12.0 Å². The van der Waals surface area contributed by atoms with Crippen LogP contribution in [-0.4, -0.2) is 6.54 Å². The van der Waals surface area contributed by atoms with Crippen LogP contribution in [0.3, 0.4) is 0 Å². The highest BCUT2D eigenvalue weighted by Crippen LogP contribution is 2.29. The minimum Gasteiger partial charge on any atom is -0.310 e. The van der Waals surface area contributed by atoms with Gasteiger partial charge in [0.25, 0.3) is 0 Å². The highest BCUT2D eigenvalue weighted by atomic mass is 35.5. The van der Waals surface area contributed by atoms with E-state index in [9.17, 15) is 4.39 Å². The molecule has 0 aliphatic carbocycles. The van der Waals surface area contributed by atoms with E-state index >= 15 is 0 Å². The number of aryl methyl sites for hydroxylation is 1. The summed E-state index contributed by atoms with van der Waals surface area (Å²) < 4.78 is 13.4. The number of hydrogen-bond acceptors (Lipinski definition) is 1. The van der Waals surface area contributed by atoms with Crippen LogP contribution in [0.2, 0.25) is 10.0 Å². The summed E-state index contributed by atoms with van der Waals surface area (Å²) in [7, 11) is 0. The Morgan fingerprint density at radius 3 is 2.52 bits per heavy atom. The zero-order valence-electron chi connectivity index (χ0n) is 12.1. The van der Waals surface area contributed by atoms with Gasteiger partial charge in [0.2, 0.25) is 0 Å². The molecule has 0 amide bonds. The summed E-state index contributed by atoms with van der Waals surface area (Å²) in [6.45, 7) is 4.82. The standard InChI is InChI=1S/C17H18Cl2FN/c1-3-21-17(14-6-4-11(2)8-16(14)19)10-12-9-13(20)5-7-15(12)18/h4-9,17,21H,3,10H2,1-2H3. The zero-order valence-corrected chi connectivity index (χ0v) is 13.6. The molecule has 0 saturated heterocycles. The molecule has 0 aliphatic rings. The van der Waals surface area contributed by atoms with Crippen molar-refractivity contribution < 1.29 is 4.39 Å². The lowest BCUT2D eigenvalue weighted by molar-refractivity contribution is 0.547. The van der Waals surface area contributed by atoms with Crippen molar-refractivity contribution >= 4 is 23.2 Å². The molecule has 0 bridgehead atoms. The first-order chi connectivity index (χ1) is 10.0. The molecule has 0 aliphatic heterocycles. The van der Waals surface area contributed by atoms with E-state index in [0.717, 1.165) is 23.2 Å². The average molecular weight is 326 g/mol. The predicted octanol–water partition coefficient (Wildman–Crippen LogP) is 5.33. The molecular formula is C17H18Cl2FN. The number of halogens is 3. The average Bonchev–Trinajstić information content (AvgIpc) is 2.42. The molecule has 1 nitrogen and oxygen atoms in total. The van der Waals surface area contributed by atoms with E-state index < -0.39 is 0 Å². The Morgan fingerprint density at radius 2 is 1.86 bits per heavy atom. The Bertz CT molecular complexity index is 628. The van der Waals surface area contributed by atoms with Crippen molar-refractivity contribution in [2.24, 2.45) is 0 Å². The molecule has 1 unspecified atom stereocenters. The predicted molar refractivity (Wildman–Crippen MR) is 87.7 cm³/mol. The third kappa shape index (κ3) is 4.19. The van der Waals surface area contributed by atoms with Gasteiger partial charge < -0.3 is 5.32 Å². The summed E-state index contributed by atoms with van der Waals surface area (Å²) >= 11 is 12.5. The van der Waals surface area contributed by atoms with Crippen molar-refractivity contribution in [1.82, 2.24) is 5.32 Å². The van der Waals surface area contributed by atoms with E-state index in [1.54, 1.807) is 6.07 Å². The van der Waals surface area contributed by atoms with E-state index in [4.69, 9.17) is 23.2 Å².